The van der Waals surface area contributed by atoms with Gasteiger partial charge >= 0.3 is 17.9 Å². The van der Waals surface area contributed by atoms with Gasteiger partial charge < -0.3 is 20.6 Å². The Morgan fingerprint density at radius 2 is 1.07 bits per heavy atom. The maximum Gasteiger partial charge on any atom is 0.317 e. The van der Waals surface area contributed by atoms with Crippen molar-refractivity contribution >= 4 is 17.9 Å². The van der Waals surface area contributed by atoms with Gasteiger partial charge in [0.25, 0.3) is 0 Å². The van der Waals surface area contributed by atoms with Crippen LogP contribution in [-0.2, 0) is 14.4 Å². The van der Waals surface area contributed by atoms with Crippen LogP contribution >= 0.6 is 0 Å². The zero-order valence-corrected chi connectivity index (χ0v) is 17.2. The number of aliphatic carboxylic acids is 3. The molecule has 10 heteroatoms. The topological polar surface area (TPSA) is 134 Å². The van der Waals surface area contributed by atoms with Crippen LogP contribution in [0.4, 0.5) is 0 Å². The van der Waals surface area contributed by atoms with E-state index in [4.69, 9.17) is 0 Å². The lowest BCUT2D eigenvalue weighted by molar-refractivity contribution is -0.142. The summed E-state index contributed by atoms with van der Waals surface area (Å²) in [6.45, 7) is 9.05. The summed E-state index contributed by atoms with van der Waals surface area (Å²) in [6, 6.07) is -0.450. The van der Waals surface area contributed by atoms with E-state index >= 15 is 0 Å². The van der Waals surface area contributed by atoms with Crippen LogP contribution in [-0.4, -0.2) is 118 Å². The Balaban J connectivity index is 3.11. The van der Waals surface area contributed by atoms with E-state index < -0.39 is 17.9 Å². The Kier molecular flexibility index (Phi) is 9.80. The highest BCUT2D eigenvalue weighted by molar-refractivity contribution is 5.70. The van der Waals surface area contributed by atoms with Gasteiger partial charge in [0.1, 0.15) is 0 Å². The average Bonchev–Trinajstić information content (AvgIpc) is 2.55. The van der Waals surface area contributed by atoms with Gasteiger partial charge in [-0.3, -0.25) is 29.1 Å². The molecule has 1 heterocycles. The maximum absolute atomic E-state index is 11.4. The molecule has 162 valence electrons. The van der Waals surface area contributed by atoms with Gasteiger partial charge in [-0.2, -0.15) is 0 Å². The molecule has 0 radical (unpaired) electrons. The maximum atomic E-state index is 11.4. The fourth-order valence-corrected chi connectivity index (χ4v) is 3.55. The lowest BCUT2D eigenvalue weighted by atomic mass is 10.1. The van der Waals surface area contributed by atoms with Crippen molar-refractivity contribution in [3.05, 3.63) is 0 Å². The smallest absolute Gasteiger partial charge is 0.317 e. The number of rotatable bonds is 6. The SMILES string of the molecule is CC1CN(CC(=O)O)C(C)CN(CC(=O)O)C(C)CN(CC(=O)O)C(C)CN1. The van der Waals surface area contributed by atoms with Crippen molar-refractivity contribution in [1.82, 2.24) is 20.0 Å². The van der Waals surface area contributed by atoms with E-state index in [9.17, 15) is 29.7 Å². The molecular weight excluding hydrogens is 368 g/mol. The Hall–Kier alpha value is -1.75. The molecule has 0 spiro atoms. The molecular formula is C18H34N4O6. The molecule has 4 unspecified atom stereocenters. The van der Waals surface area contributed by atoms with Crippen molar-refractivity contribution in [2.75, 3.05) is 45.8 Å². The largest absolute Gasteiger partial charge is 0.480 e. The van der Waals surface area contributed by atoms with Gasteiger partial charge in [0.05, 0.1) is 19.6 Å². The molecule has 0 saturated carbocycles. The van der Waals surface area contributed by atoms with Crippen molar-refractivity contribution in [2.24, 2.45) is 0 Å². The second-order valence-electron chi connectivity index (χ2n) is 7.83. The molecule has 1 aliphatic rings. The van der Waals surface area contributed by atoms with Gasteiger partial charge in [0.2, 0.25) is 0 Å². The van der Waals surface area contributed by atoms with Crippen LogP contribution in [0.25, 0.3) is 0 Å². The standard InChI is InChI=1S/C18H34N4O6/c1-12-6-20(9-16(23)24)14(3)8-22(11-18(27)28)15(4)7-21(10-17(25)26)13(2)5-19-12/h12-15,19H,5-11H2,1-4H3,(H,23,24)(H,25,26)(H,27,28). The third-order valence-electron chi connectivity index (χ3n) is 5.15. The monoisotopic (exact) mass is 402 g/mol. The van der Waals surface area contributed by atoms with Crippen LogP contribution in [0.15, 0.2) is 0 Å². The summed E-state index contributed by atoms with van der Waals surface area (Å²) >= 11 is 0. The summed E-state index contributed by atoms with van der Waals surface area (Å²) in [6.07, 6.45) is 0. The van der Waals surface area contributed by atoms with E-state index in [1.807, 2.05) is 37.5 Å². The Morgan fingerprint density at radius 3 is 1.46 bits per heavy atom. The molecule has 1 fully saturated rings. The quantitative estimate of drug-likeness (QED) is 0.452. The van der Waals surface area contributed by atoms with Gasteiger partial charge in [0, 0.05) is 50.3 Å². The van der Waals surface area contributed by atoms with Crippen LogP contribution < -0.4 is 5.32 Å². The van der Waals surface area contributed by atoms with Gasteiger partial charge in [-0.15, -0.1) is 0 Å². The number of hydrogen-bond acceptors (Lipinski definition) is 7. The normalized spacial score (nSPS) is 29.6. The average molecular weight is 402 g/mol. The van der Waals surface area contributed by atoms with E-state index in [2.05, 4.69) is 5.32 Å². The fourth-order valence-electron chi connectivity index (χ4n) is 3.55. The minimum absolute atomic E-state index is 0.000650. The van der Waals surface area contributed by atoms with Crippen molar-refractivity contribution < 1.29 is 29.7 Å². The van der Waals surface area contributed by atoms with Crippen LogP contribution in [0.5, 0.6) is 0 Å². The summed E-state index contributed by atoms with van der Waals surface area (Å²) in [4.78, 5) is 39.4. The summed E-state index contributed by atoms with van der Waals surface area (Å²) < 4.78 is 0. The zero-order valence-electron chi connectivity index (χ0n) is 17.2. The molecule has 1 aliphatic heterocycles. The van der Waals surface area contributed by atoms with Crippen molar-refractivity contribution in [3.63, 3.8) is 0 Å². The number of carbonyl (C=O) groups is 3. The van der Waals surface area contributed by atoms with Crippen LogP contribution in [0.1, 0.15) is 27.7 Å². The second-order valence-corrected chi connectivity index (χ2v) is 7.83. The lowest BCUT2D eigenvalue weighted by Gasteiger charge is -2.40. The van der Waals surface area contributed by atoms with E-state index in [0.29, 0.717) is 26.2 Å². The second kappa shape index (κ2) is 11.3. The first-order valence-electron chi connectivity index (χ1n) is 9.60. The molecule has 0 aromatic rings. The highest BCUT2D eigenvalue weighted by atomic mass is 16.4. The van der Waals surface area contributed by atoms with Gasteiger partial charge in [-0.05, 0) is 27.7 Å². The highest BCUT2D eigenvalue weighted by Gasteiger charge is 2.29. The first-order valence-corrected chi connectivity index (χ1v) is 9.60. The summed E-state index contributed by atoms with van der Waals surface area (Å²) in [7, 11) is 0. The minimum Gasteiger partial charge on any atom is -0.480 e. The number of nitrogens with one attached hydrogen (secondary N) is 1. The number of nitrogens with zero attached hydrogens (tertiary/aromatic N) is 3. The van der Waals surface area contributed by atoms with Gasteiger partial charge in [0.15, 0.2) is 0 Å². The van der Waals surface area contributed by atoms with E-state index in [1.165, 1.54) is 0 Å². The molecule has 1 saturated heterocycles. The van der Waals surface area contributed by atoms with E-state index in [-0.39, 0.29) is 43.8 Å². The number of carboxylic acid groups (broad SMARTS) is 3. The zero-order chi connectivity index (χ0) is 21.4. The minimum atomic E-state index is -0.969. The van der Waals surface area contributed by atoms with Crippen LogP contribution in [0.2, 0.25) is 0 Å². The summed E-state index contributed by atoms with van der Waals surface area (Å²) in [5.41, 5.74) is 0. The predicted octanol–water partition coefficient (Wildman–Crippen LogP) is -0.697. The molecule has 0 bridgehead atoms. The molecule has 1 rings (SSSR count). The van der Waals surface area contributed by atoms with Crippen molar-refractivity contribution in [3.8, 4) is 0 Å². The molecule has 4 atom stereocenters. The Morgan fingerprint density at radius 1 is 0.714 bits per heavy atom. The van der Waals surface area contributed by atoms with Crippen molar-refractivity contribution in [1.29, 1.82) is 0 Å². The molecule has 0 aromatic carbocycles. The predicted molar refractivity (Wildman–Crippen MR) is 103 cm³/mol. The van der Waals surface area contributed by atoms with Crippen LogP contribution in [0.3, 0.4) is 0 Å². The van der Waals surface area contributed by atoms with Crippen molar-refractivity contribution in [2.45, 2.75) is 51.9 Å². The summed E-state index contributed by atoms with van der Waals surface area (Å²) in [5, 5.41) is 31.2. The third-order valence-corrected chi connectivity index (χ3v) is 5.15. The first kappa shape index (κ1) is 24.3. The molecule has 0 aromatic heterocycles. The summed E-state index contributed by atoms with van der Waals surface area (Å²) in [5.74, 6) is -2.82. The van der Waals surface area contributed by atoms with E-state index in [1.54, 1.807) is 4.90 Å². The molecule has 10 nitrogen and oxygen atoms in total. The Labute approximate surface area is 166 Å². The number of carboxylic acids is 3. The molecule has 0 amide bonds. The number of hydrogen-bond donors (Lipinski definition) is 4. The van der Waals surface area contributed by atoms with Gasteiger partial charge in [-0.1, -0.05) is 0 Å². The first-order chi connectivity index (χ1) is 13.0. The molecule has 4 N–H and O–H groups in total. The van der Waals surface area contributed by atoms with E-state index in [0.717, 1.165) is 0 Å². The van der Waals surface area contributed by atoms with Crippen LogP contribution in [0, 0.1) is 0 Å². The third kappa shape index (κ3) is 8.51. The Bertz CT molecular complexity index is 532. The lowest BCUT2D eigenvalue weighted by Crippen LogP contribution is -2.57. The molecule has 28 heavy (non-hydrogen) atoms. The highest BCUT2D eigenvalue weighted by Crippen LogP contribution is 2.12. The fraction of sp³-hybridized carbons (Fsp3) is 0.833. The molecule has 0 aliphatic carbocycles. The van der Waals surface area contributed by atoms with Gasteiger partial charge in [-0.25, -0.2) is 0 Å².